The Bertz CT molecular complexity index is 730. The molecule has 0 aliphatic carbocycles. The minimum atomic E-state index is -0.653. The van der Waals surface area contributed by atoms with E-state index in [1.807, 2.05) is 24.3 Å². The maximum atomic E-state index is 11.8. The Morgan fingerprint density at radius 1 is 0.692 bits per heavy atom. The number of esters is 2. The number of carbonyl (C=O) groups is 2. The van der Waals surface area contributed by atoms with Crippen molar-refractivity contribution in [1.29, 1.82) is 0 Å². The van der Waals surface area contributed by atoms with Crippen molar-refractivity contribution >= 4 is 11.9 Å². The topological polar surface area (TPSA) is 52.6 Å². The van der Waals surface area contributed by atoms with Gasteiger partial charge < -0.3 is 9.47 Å². The van der Waals surface area contributed by atoms with E-state index in [4.69, 9.17) is 9.47 Å². The maximum absolute atomic E-state index is 11.8. The molecule has 2 aromatic carbocycles. The van der Waals surface area contributed by atoms with Crippen LogP contribution in [-0.4, -0.2) is 11.9 Å². The van der Waals surface area contributed by atoms with E-state index in [1.54, 1.807) is 36.4 Å². The van der Waals surface area contributed by atoms with Gasteiger partial charge in [0.05, 0.1) is 0 Å². The molecule has 26 heavy (non-hydrogen) atoms. The average Bonchev–Trinajstić information content (AvgIpc) is 2.64. The fourth-order valence-electron chi connectivity index (χ4n) is 2.16. The fraction of sp³-hybridized carbons (Fsp3) is 0.0909. The van der Waals surface area contributed by atoms with Crippen LogP contribution in [0.1, 0.15) is 11.1 Å². The van der Waals surface area contributed by atoms with E-state index in [2.05, 4.69) is 13.2 Å². The number of allylic oxidation sites excluding steroid dienone is 2. The maximum Gasteiger partial charge on any atom is 0.336 e. The first-order chi connectivity index (χ1) is 12.6. The molecular weight excluding hydrogens is 328 g/mol. The molecule has 0 spiro atoms. The van der Waals surface area contributed by atoms with E-state index in [-0.39, 0.29) is 0 Å². The van der Waals surface area contributed by atoms with Gasteiger partial charge in [0.15, 0.2) is 0 Å². The summed E-state index contributed by atoms with van der Waals surface area (Å²) in [6.07, 6.45) is 7.14. The van der Waals surface area contributed by atoms with Crippen LogP contribution in [0.15, 0.2) is 86.0 Å². The molecule has 4 heteroatoms. The predicted octanol–water partition coefficient (Wildman–Crippen LogP) is 4.21. The van der Waals surface area contributed by atoms with E-state index in [1.165, 1.54) is 0 Å². The van der Waals surface area contributed by atoms with Gasteiger partial charge in [-0.3, -0.25) is 0 Å². The third-order valence-electron chi connectivity index (χ3n) is 3.40. The summed E-state index contributed by atoms with van der Waals surface area (Å²) in [6, 6.07) is 14.1. The van der Waals surface area contributed by atoms with Crippen molar-refractivity contribution in [2.75, 3.05) is 0 Å². The lowest BCUT2D eigenvalue weighted by Gasteiger charge is -2.03. The van der Waals surface area contributed by atoms with Crippen molar-refractivity contribution < 1.29 is 19.1 Å². The van der Waals surface area contributed by atoms with Crippen LogP contribution >= 0.6 is 0 Å². The lowest BCUT2D eigenvalue weighted by atomic mass is 10.1. The molecule has 0 saturated carbocycles. The first-order valence-electron chi connectivity index (χ1n) is 8.12. The van der Waals surface area contributed by atoms with Gasteiger partial charge in [0.2, 0.25) is 0 Å². The van der Waals surface area contributed by atoms with Crippen LogP contribution in [0.2, 0.25) is 0 Å². The van der Waals surface area contributed by atoms with Gasteiger partial charge in [0.25, 0.3) is 0 Å². The number of ether oxygens (including phenoxy) is 2. The van der Waals surface area contributed by atoms with Crippen molar-refractivity contribution in [1.82, 2.24) is 0 Å². The summed E-state index contributed by atoms with van der Waals surface area (Å²) in [4.78, 5) is 23.5. The van der Waals surface area contributed by atoms with Crippen LogP contribution < -0.4 is 9.47 Å². The van der Waals surface area contributed by atoms with Crippen LogP contribution in [0.4, 0.5) is 0 Å². The number of carbonyl (C=O) groups excluding carboxylic acids is 2. The second kappa shape index (κ2) is 9.79. The van der Waals surface area contributed by atoms with Gasteiger partial charge >= 0.3 is 11.9 Å². The molecular formula is C22H20O4. The van der Waals surface area contributed by atoms with Crippen molar-refractivity contribution in [2.45, 2.75) is 12.8 Å². The SMILES string of the molecule is C=CCc1ccc(OC(=O)/C=C/C(=O)Oc2ccc(CC=C)cc2)cc1. The van der Waals surface area contributed by atoms with Crippen LogP contribution in [0.3, 0.4) is 0 Å². The minimum Gasteiger partial charge on any atom is -0.423 e. The van der Waals surface area contributed by atoms with Crippen LogP contribution in [0.25, 0.3) is 0 Å². The molecule has 2 aromatic rings. The summed E-state index contributed by atoms with van der Waals surface area (Å²) in [5.41, 5.74) is 2.14. The molecule has 0 atom stereocenters. The van der Waals surface area contributed by atoms with E-state index in [0.29, 0.717) is 11.5 Å². The summed E-state index contributed by atoms with van der Waals surface area (Å²) in [7, 11) is 0. The Labute approximate surface area is 153 Å². The first-order valence-corrected chi connectivity index (χ1v) is 8.12. The standard InChI is InChI=1S/C22H20O4/c1-3-5-17-7-11-19(12-8-17)25-21(23)15-16-22(24)26-20-13-9-18(6-4-2)10-14-20/h3-4,7-16H,1-2,5-6H2/b16-15+. The van der Waals surface area contributed by atoms with Crippen molar-refractivity contribution in [2.24, 2.45) is 0 Å². The van der Waals surface area contributed by atoms with Crippen LogP contribution in [0.5, 0.6) is 11.5 Å². The Hall–Kier alpha value is -3.40. The molecule has 0 N–H and O–H groups in total. The van der Waals surface area contributed by atoms with Gasteiger partial charge in [0.1, 0.15) is 11.5 Å². The number of hydrogen-bond donors (Lipinski definition) is 0. The molecule has 0 bridgehead atoms. The Morgan fingerprint density at radius 3 is 1.35 bits per heavy atom. The smallest absolute Gasteiger partial charge is 0.336 e. The zero-order valence-corrected chi connectivity index (χ0v) is 14.4. The molecule has 0 heterocycles. The van der Waals surface area contributed by atoms with Gasteiger partial charge in [0, 0.05) is 12.2 Å². The number of rotatable bonds is 8. The quantitative estimate of drug-likeness (QED) is 0.310. The van der Waals surface area contributed by atoms with Crippen molar-refractivity contribution in [3.63, 3.8) is 0 Å². The highest BCUT2D eigenvalue weighted by molar-refractivity contribution is 5.93. The van der Waals surface area contributed by atoms with E-state index < -0.39 is 11.9 Å². The van der Waals surface area contributed by atoms with E-state index >= 15 is 0 Å². The molecule has 0 amide bonds. The van der Waals surface area contributed by atoms with Gasteiger partial charge in [-0.05, 0) is 48.2 Å². The summed E-state index contributed by atoms with van der Waals surface area (Å²) in [6.45, 7) is 7.34. The van der Waals surface area contributed by atoms with Crippen LogP contribution in [-0.2, 0) is 22.4 Å². The molecule has 0 saturated heterocycles. The highest BCUT2D eigenvalue weighted by Crippen LogP contribution is 2.14. The highest BCUT2D eigenvalue weighted by atomic mass is 16.5. The third kappa shape index (κ3) is 6.24. The second-order valence-corrected chi connectivity index (χ2v) is 5.45. The Kier molecular flexibility index (Phi) is 7.13. The first kappa shape index (κ1) is 18.9. The predicted molar refractivity (Wildman–Crippen MR) is 101 cm³/mol. The molecule has 4 nitrogen and oxygen atoms in total. The van der Waals surface area contributed by atoms with Gasteiger partial charge in [-0.25, -0.2) is 9.59 Å². The van der Waals surface area contributed by atoms with Crippen molar-refractivity contribution in [3.8, 4) is 11.5 Å². The lowest BCUT2D eigenvalue weighted by Crippen LogP contribution is -2.08. The van der Waals surface area contributed by atoms with Gasteiger partial charge in [-0.2, -0.15) is 0 Å². The lowest BCUT2D eigenvalue weighted by molar-refractivity contribution is -0.131. The van der Waals surface area contributed by atoms with E-state index in [0.717, 1.165) is 36.1 Å². The zero-order chi connectivity index (χ0) is 18.8. The Morgan fingerprint density at radius 2 is 1.04 bits per heavy atom. The monoisotopic (exact) mass is 348 g/mol. The number of benzene rings is 2. The molecule has 0 fully saturated rings. The largest absolute Gasteiger partial charge is 0.423 e. The summed E-state index contributed by atoms with van der Waals surface area (Å²) in [5.74, 6) is -0.503. The molecule has 132 valence electrons. The average molecular weight is 348 g/mol. The second-order valence-electron chi connectivity index (χ2n) is 5.45. The summed E-state index contributed by atoms with van der Waals surface area (Å²) in [5, 5.41) is 0. The normalized spacial score (nSPS) is 10.3. The fourth-order valence-corrected chi connectivity index (χ4v) is 2.16. The van der Waals surface area contributed by atoms with Crippen LogP contribution in [0, 0.1) is 0 Å². The molecule has 0 aromatic heterocycles. The number of hydrogen-bond acceptors (Lipinski definition) is 4. The van der Waals surface area contributed by atoms with Gasteiger partial charge in [-0.1, -0.05) is 36.4 Å². The summed E-state index contributed by atoms with van der Waals surface area (Å²) >= 11 is 0. The molecule has 2 rings (SSSR count). The minimum absolute atomic E-state index is 0.402. The molecule has 0 unspecified atom stereocenters. The molecule has 0 radical (unpaired) electrons. The highest BCUT2D eigenvalue weighted by Gasteiger charge is 2.04. The molecule has 0 aliphatic rings. The summed E-state index contributed by atoms with van der Waals surface area (Å²) < 4.78 is 10.2. The molecule has 0 aliphatic heterocycles. The van der Waals surface area contributed by atoms with Gasteiger partial charge in [-0.15, -0.1) is 13.2 Å². The Balaban J connectivity index is 1.85. The third-order valence-corrected chi connectivity index (χ3v) is 3.40. The zero-order valence-electron chi connectivity index (χ0n) is 14.4. The van der Waals surface area contributed by atoms with E-state index in [9.17, 15) is 9.59 Å². The van der Waals surface area contributed by atoms with Crippen molar-refractivity contribution in [3.05, 3.63) is 97.1 Å².